The summed E-state index contributed by atoms with van der Waals surface area (Å²) < 4.78 is 0. The maximum absolute atomic E-state index is 12.9. The van der Waals surface area contributed by atoms with Crippen LogP contribution in [0.1, 0.15) is 60.9 Å². The van der Waals surface area contributed by atoms with Gasteiger partial charge in [0.15, 0.2) is 5.54 Å². The van der Waals surface area contributed by atoms with E-state index in [0.717, 1.165) is 36.9 Å². The van der Waals surface area contributed by atoms with Gasteiger partial charge in [-0.05, 0) is 50.7 Å². The zero-order valence-electron chi connectivity index (χ0n) is 15.9. The molecule has 1 aromatic rings. The first-order chi connectivity index (χ1) is 13.1. The van der Waals surface area contributed by atoms with Crippen molar-refractivity contribution in [2.75, 3.05) is 0 Å². The molecule has 0 spiro atoms. The monoisotopic (exact) mass is 366 g/mol. The van der Waals surface area contributed by atoms with Gasteiger partial charge in [0.2, 0.25) is 0 Å². The molecule has 0 bridgehead atoms. The number of nitrogens with zero attached hydrogens (tertiary/aromatic N) is 2. The highest BCUT2D eigenvalue weighted by atomic mass is 16.1. The van der Waals surface area contributed by atoms with Gasteiger partial charge in [0, 0.05) is 5.56 Å². The largest absolute Gasteiger partial charge is 0.343 e. The van der Waals surface area contributed by atoms with Gasteiger partial charge < -0.3 is 5.32 Å². The van der Waals surface area contributed by atoms with Crippen LogP contribution in [-0.2, 0) is 0 Å². The van der Waals surface area contributed by atoms with Crippen LogP contribution in [0.3, 0.4) is 0 Å². The molecule has 1 atom stereocenters. The summed E-state index contributed by atoms with van der Waals surface area (Å²) in [7, 11) is 0. The first-order valence-corrected chi connectivity index (χ1v) is 10.0. The fourth-order valence-electron chi connectivity index (χ4n) is 4.18. The normalized spacial score (nSPS) is 22.4. The van der Waals surface area contributed by atoms with Crippen LogP contribution < -0.4 is 16.3 Å². The molecule has 1 heterocycles. The van der Waals surface area contributed by atoms with Gasteiger partial charge in [-0.25, -0.2) is 5.43 Å². The minimum Gasteiger partial charge on any atom is -0.343 e. The number of nitrogens with two attached hydrogens (primary N) is 1. The number of hydrogen-bond donors (Lipinski definition) is 3. The van der Waals surface area contributed by atoms with Crippen LogP contribution >= 0.6 is 0 Å². The molecule has 2 fully saturated rings. The highest BCUT2D eigenvalue weighted by molar-refractivity contribution is 5.94. The van der Waals surface area contributed by atoms with Gasteiger partial charge >= 0.3 is 0 Å². The molecule has 1 amide bonds. The van der Waals surface area contributed by atoms with Crippen LogP contribution in [0.15, 0.2) is 36.2 Å². The van der Waals surface area contributed by atoms with E-state index >= 15 is 0 Å². The lowest BCUT2D eigenvalue weighted by Crippen LogP contribution is -2.98. The molecule has 6 heteroatoms. The van der Waals surface area contributed by atoms with Gasteiger partial charge in [0.25, 0.3) is 5.91 Å². The van der Waals surface area contributed by atoms with E-state index in [1.54, 1.807) is 0 Å². The molecule has 4 rings (SSSR count). The van der Waals surface area contributed by atoms with E-state index in [2.05, 4.69) is 16.8 Å². The van der Waals surface area contributed by atoms with E-state index < -0.39 is 0 Å². The predicted molar refractivity (Wildman–Crippen MR) is 102 cm³/mol. The number of carbonyl (C=O) groups excluding carboxylic acids is 1. The Hall–Kier alpha value is -2.52. The molecule has 2 aliphatic carbocycles. The molecule has 3 aliphatic rings. The number of benzene rings is 1. The van der Waals surface area contributed by atoms with Crippen LogP contribution in [0.4, 0.5) is 0 Å². The minimum atomic E-state index is -0.382. The van der Waals surface area contributed by atoms with Gasteiger partial charge in [-0.1, -0.05) is 37.0 Å². The topological polar surface area (TPSA) is 84.8 Å². The fourth-order valence-corrected chi connectivity index (χ4v) is 4.18. The van der Waals surface area contributed by atoms with Gasteiger partial charge in [-0.3, -0.25) is 4.79 Å². The average molecular weight is 366 g/mol. The summed E-state index contributed by atoms with van der Waals surface area (Å²) in [5, 5.41) is 14.7. The second kappa shape index (κ2) is 7.24. The summed E-state index contributed by atoms with van der Waals surface area (Å²) >= 11 is 0. The lowest BCUT2D eigenvalue weighted by molar-refractivity contribution is -0.829. The van der Waals surface area contributed by atoms with E-state index in [9.17, 15) is 10.1 Å². The third-order valence-corrected chi connectivity index (χ3v) is 6.13. The average Bonchev–Trinajstić information content (AvgIpc) is 3.36. The first-order valence-electron chi connectivity index (χ1n) is 10.0. The summed E-state index contributed by atoms with van der Waals surface area (Å²) in [4.78, 5) is 12.9. The lowest BCUT2D eigenvalue weighted by atomic mass is 9.82. The molecule has 4 N–H and O–H groups in total. The van der Waals surface area contributed by atoms with E-state index in [0.29, 0.717) is 11.5 Å². The zero-order chi connectivity index (χ0) is 18.9. The Kier molecular flexibility index (Phi) is 4.79. The van der Waals surface area contributed by atoms with Crippen molar-refractivity contribution < 1.29 is 10.3 Å². The van der Waals surface area contributed by atoms with E-state index in [1.807, 2.05) is 47.9 Å². The van der Waals surface area contributed by atoms with Crippen molar-refractivity contribution in [1.82, 2.24) is 15.8 Å². The number of nitrogens with one attached hydrogen (secondary N) is 2. The zero-order valence-corrected chi connectivity index (χ0v) is 15.9. The minimum absolute atomic E-state index is 0.0341. The summed E-state index contributed by atoms with van der Waals surface area (Å²) in [6.07, 6.45) is 9.78. The third kappa shape index (κ3) is 3.65. The maximum Gasteiger partial charge on any atom is 0.251 e. The first kappa shape index (κ1) is 17.9. The van der Waals surface area contributed by atoms with Crippen molar-refractivity contribution >= 4 is 5.91 Å². The van der Waals surface area contributed by atoms with Crippen molar-refractivity contribution in [3.05, 3.63) is 47.3 Å². The number of amides is 1. The van der Waals surface area contributed by atoms with Crippen molar-refractivity contribution in [3.8, 4) is 6.07 Å². The third-order valence-electron chi connectivity index (χ3n) is 6.13. The van der Waals surface area contributed by atoms with Crippen LogP contribution in [-0.4, -0.2) is 22.5 Å². The number of nitriles is 1. The molecule has 1 aliphatic heterocycles. The molecule has 0 aromatic heterocycles. The molecule has 2 saturated carbocycles. The highest BCUT2D eigenvalue weighted by Crippen LogP contribution is 2.40. The lowest BCUT2D eigenvalue weighted by Gasteiger charge is -2.30. The molecule has 142 valence electrons. The predicted octanol–water partition coefficient (Wildman–Crippen LogP) is 1.87. The Labute approximate surface area is 160 Å². The van der Waals surface area contributed by atoms with Crippen LogP contribution in [0.5, 0.6) is 0 Å². The molecule has 0 unspecified atom stereocenters. The van der Waals surface area contributed by atoms with Crippen molar-refractivity contribution in [1.29, 1.82) is 5.26 Å². The van der Waals surface area contributed by atoms with E-state index in [1.165, 1.54) is 19.3 Å². The smallest absolute Gasteiger partial charge is 0.251 e. The number of rotatable bonds is 5. The summed E-state index contributed by atoms with van der Waals surface area (Å²) in [6.45, 7) is 2.02. The van der Waals surface area contributed by atoms with E-state index in [-0.39, 0.29) is 17.5 Å². The van der Waals surface area contributed by atoms with Crippen LogP contribution in [0.25, 0.3) is 0 Å². The Morgan fingerprint density at radius 3 is 2.63 bits per heavy atom. The number of carbonyl (C=O) groups is 1. The van der Waals surface area contributed by atoms with Gasteiger partial charge in [0.1, 0.15) is 5.70 Å². The Bertz CT molecular complexity index is 769. The second-order valence-corrected chi connectivity index (χ2v) is 8.12. The van der Waals surface area contributed by atoms with Gasteiger partial charge in [-0.2, -0.15) is 10.3 Å². The quantitative estimate of drug-likeness (QED) is 0.695. The highest BCUT2D eigenvalue weighted by Gasteiger charge is 2.53. The van der Waals surface area contributed by atoms with Crippen molar-refractivity contribution in [3.63, 3.8) is 0 Å². The molecular weight excluding hydrogens is 338 g/mol. The number of quaternary nitrogens is 1. The Morgan fingerprint density at radius 1 is 1.30 bits per heavy atom. The van der Waals surface area contributed by atoms with E-state index in [4.69, 9.17) is 0 Å². The summed E-state index contributed by atoms with van der Waals surface area (Å²) in [5.41, 5.74) is 7.69. The Morgan fingerprint density at radius 2 is 2.00 bits per heavy atom. The summed E-state index contributed by atoms with van der Waals surface area (Å²) in [5.74, 6) is 0.394. The molecule has 27 heavy (non-hydrogen) atoms. The standard InChI is InChI=1S/C21H27N5O/c1-15-7-9-17(10-8-15)20(27)23-19(16-5-3-2-4-6-16)18-13-26(25-24-18)21(14-22)11-12-21/h7-10,13,16,19,24-25H,2-6,11-12H2,1H3,(H,23,27)/p+1/t19-/m0/s1. The molecular formula is C21H28N5O+. The van der Waals surface area contributed by atoms with Crippen molar-refractivity contribution in [2.24, 2.45) is 5.92 Å². The van der Waals surface area contributed by atoms with Gasteiger partial charge in [-0.15, -0.1) is 5.53 Å². The second-order valence-electron chi connectivity index (χ2n) is 8.12. The van der Waals surface area contributed by atoms with Crippen molar-refractivity contribution in [2.45, 2.75) is 63.5 Å². The number of aryl methyl sites for hydroxylation is 1. The molecule has 1 aromatic carbocycles. The van der Waals surface area contributed by atoms with Gasteiger partial charge in [0.05, 0.1) is 18.3 Å². The van der Waals surface area contributed by atoms with Crippen LogP contribution in [0, 0.1) is 24.2 Å². The molecule has 0 saturated heterocycles. The fraction of sp³-hybridized carbons (Fsp3) is 0.524. The summed E-state index contributed by atoms with van der Waals surface area (Å²) in [6, 6.07) is 10.1. The Balaban J connectivity index is 1.54. The number of hydrogen-bond acceptors (Lipinski definition) is 4. The molecule has 6 nitrogen and oxygen atoms in total. The van der Waals surface area contributed by atoms with Crippen LogP contribution in [0.2, 0.25) is 0 Å². The molecule has 0 radical (unpaired) electrons. The maximum atomic E-state index is 12.9. The SMILES string of the molecule is Cc1ccc(C(=O)N[C@H](C2=CN(C3(C#N)CC3)[NH2+]N2)C2CCCCC2)cc1.